The molecule has 1 aromatic heterocycles. The fourth-order valence-electron chi connectivity index (χ4n) is 1.38. The lowest BCUT2D eigenvalue weighted by Gasteiger charge is -2.08. The number of carbonyl (C=O) groups is 1. The molecule has 0 radical (unpaired) electrons. The number of rotatable bonds is 2. The molecule has 1 amide bonds. The molecule has 17 heavy (non-hydrogen) atoms. The maximum Gasteiger partial charge on any atom is 0.277 e. The fraction of sp³-hybridized carbons (Fsp3) is 0.273. The number of amides is 1. The van der Waals surface area contributed by atoms with E-state index in [1.165, 1.54) is 0 Å². The first-order valence-corrected chi connectivity index (χ1v) is 5.54. The lowest BCUT2D eigenvalue weighted by Crippen LogP contribution is -2.16. The highest BCUT2D eigenvalue weighted by molar-refractivity contribution is 6.30. The van der Waals surface area contributed by atoms with Gasteiger partial charge in [0.1, 0.15) is 5.57 Å². The number of hydrogen-bond donors (Lipinski definition) is 2. The first-order chi connectivity index (χ1) is 8.06. The van der Waals surface area contributed by atoms with Crippen LogP contribution < -0.4 is 5.43 Å². The standard InChI is InChI=1S/C11H12ClN3O2/c1-6(2)17-11-9(10(16)14-15-11)4-8-3-7(12)5-13-8/h3-6,13H,1-2H3,(H,14,16)/b9-4-. The summed E-state index contributed by atoms with van der Waals surface area (Å²) >= 11 is 5.78. The van der Waals surface area contributed by atoms with E-state index < -0.39 is 0 Å². The summed E-state index contributed by atoms with van der Waals surface area (Å²) in [5.74, 6) is 0.0158. The summed E-state index contributed by atoms with van der Waals surface area (Å²) in [6.45, 7) is 3.74. The molecule has 0 unspecified atom stereocenters. The molecule has 2 heterocycles. The van der Waals surface area contributed by atoms with Gasteiger partial charge in [-0.05, 0) is 26.0 Å². The molecule has 0 bridgehead atoms. The normalized spacial score (nSPS) is 17.5. The molecular weight excluding hydrogens is 242 g/mol. The fourth-order valence-corrected chi connectivity index (χ4v) is 1.55. The second-order valence-corrected chi connectivity index (χ2v) is 4.29. The van der Waals surface area contributed by atoms with Gasteiger partial charge in [0, 0.05) is 11.9 Å². The van der Waals surface area contributed by atoms with Gasteiger partial charge >= 0.3 is 0 Å². The van der Waals surface area contributed by atoms with E-state index in [2.05, 4.69) is 15.5 Å². The number of nitrogens with zero attached hydrogens (tertiary/aromatic N) is 1. The van der Waals surface area contributed by atoms with Crippen LogP contribution in [0.1, 0.15) is 19.5 Å². The molecule has 0 saturated heterocycles. The summed E-state index contributed by atoms with van der Waals surface area (Å²) in [6.07, 6.45) is 3.24. The zero-order valence-corrected chi connectivity index (χ0v) is 10.2. The van der Waals surface area contributed by atoms with Gasteiger partial charge in [-0.1, -0.05) is 11.6 Å². The summed E-state index contributed by atoms with van der Waals surface area (Å²) in [5.41, 5.74) is 3.47. The Morgan fingerprint density at radius 3 is 2.88 bits per heavy atom. The lowest BCUT2D eigenvalue weighted by molar-refractivity contribution is -0.116. The van der Waals surface area contributed by atoms with Crippen molar-refractivity contribution in [2.75, 3.05) is 0 Å². The second-order valence-electron chi connectivity index (χ2n) is 3.86. The van der Waals surface area contributed by atoms with E-state index in [0.717, 1.165) is 5.69 Å². The summed E-state index contributed by atoms with van der Waals surface area (Å²) in [6, 6.07) is 1.72. The quantitative estimate of drug-likeness (QED) is 0.791. The zero-order chi connectivity index (χ0) is 12.4. The number of hydrogen-bond acceptors (Lipinski definition) is 3. The molecule has 1 aliphatic rings. The number of ether oxygens (including phenoxy) is 1. The number of H-pyrrole nitrogens is 1. The van der Waals surface area contributed by atoms with Gasteiger partial charge in [0.15, 0.2) is 0 Å². The van der Waals surface area contributed by atoms with Crippen molar-refractivity contribution in [3.05, 3.63) is 28.6 Å². The lowest BCUT2D eigenvalue weighted by atomic mass is 10.2. The molecule has 0 fully saturated rings. The summed E-state index contributed by atoms with van der Waals surface area (Å²) in [7, 11) is 0. The monoisotopic (exact) mass is 253 g/mol. The molecule has 90 valence electrons. The molecule has 6 heteroatoms. The maximum absolute atomic E-state index is 11.6. The molecule has 0 atom stereocenters. The van der Waals surface area contributed by atoms with Crippen LogP contribution in [0.15, 0.2) is 22.9 Å². The minimum atomic E-state index is -0.286. The minimum absolute atomic E-state index is 0.0444. The summed E-state index contributed by atoms with van der Waals surface area (Å²) in [5, 5.41) is 4.40. The van der Waals surface area contributed by atoms with Crippen molar-refractivity contribution in [3.8, 4) is 0 Å². The van der Waals surface area contributed by atoms with Gasteiger partial charge in [-0.15, -0.1) is 5.10 Å². The highest BCUT2D eigenvalue weighted by atomic mass is 35.5. The number of halogens is 1. The average molecular weight is 254 g/mol. The van der Waals surface area contributed by atoms with Crippen molar-refractivity contribution >= 4 is 29.5 Å². The van der Waals surface area contributed by atoms with Crippen molar-refractivity contribution in [2.45, 2.75) is 20.0 Å². The number of carbonyl (C=O) groups excluding carboxylic acids is 1. The van der Waals surface area contributed by atoms with E-state index in [1.807, 2.05) is 13.8 Å². The largest absolute Gasteiger partial charge is 0.473 e. The number of aromatic nitrogens is 1. The predicted molar refractivity (Wildman–Crippen MR) is 65.6 cm³/mol. The van der Waals surface area contributed by atoms with E-state index in [-0.39, 0.29) is 12.0 Å². The first kappa shape index (κ1) is 11.7. The molecule has 2 rings (SSSR count). The molecule has 1 aromatic rings. The van der Waals surface area contributed by atoms with Crippen molar-refractivity contribution in [2.24, 2.45) is 5.10 Å². The van der Waals surface area contributed by atoms with E-state index in [9.17, 15) is 4.79 Å². The molecule has 5 nitrogen and oxygen atoms in total. The third-order valence-corrected chi connectivity index (χ3v) is 2.27. The van der Waals surface area contributed by atoms with Gasteiger partial charge in [0.25, 0.3) is 5.91 Å². The topological polar surface area (TPSA) is 66.5 Å². The van der Waals surface area contributed by atoms with Crippen LogP contribution in [-0.2, 0) is 9.53 Å². The van der Waals surface area contributed by atoms with Crippen molar-refractivity contribution in [1.29, 1.82) is 0 Å². The van der Waals surface area contributed by atoms with Gasteiger partial charge in [-0.2, -0.15) is 0 Å². The van der Waals surface area contributed by atoms with Crippen LogP contribution in [0.3, 0.4) is 0 Å². The van der Waals surface area contributed by atoms with Crippen LogP contribution in [0.5, 0.6) is 0 Å². The number of nitrogens with one attached hydrogen (secondary N) is 2. The van der Waals surface area contributed by atoms with Crippen LogP contribution in [0.2, 0.25) is 5.02 Å². The molecular formula is C11H12ClN3O2. The second kappa shape index (κ2) is 4.63. The van der Waals surface area contributed by atoms with Crippen LogP contribution in [0, 0.1) is 0 Å². The molecule has 1 aliphatic heterocycles. The summed E-state index contributed by atoms with van der Waals surface area (Å²) < 4.78 is 5.42. The smallest absolute Gasteiger partial charge is 0.277 e. The highest BCUT2D eigenvalue weighted by Crippen LogP contribution is 2.16. The Labute approximate surface area is 103 Å². The Bertz CT molecular complexity index is 503. The summed E-state index contributed by atoms with van der Waals surface area (Å²) in [4.78, 5) is 14.5. The Kier molecular flexibility index (Phi) is 3.19. The van der Waals surface area contributed by atoms with Gasteiger partial charge in [-0.3, -0.25) is 4.79 Å². The van der Waals surface area contributed by atoms with Crippen LogP contribution >= 0.6 is 11.6 Å². The highest BCUT2D eigenvalue weighted by Gasteiger charge is 2.25. The van der Waals surface area contributed by atoms with Crippen LogP contribution in [0.25, 0.3) is 6.08 Å². The molecule has 0 saturated carbocycles. The van der Waals surface area contributed by atoms with E-state index in [1.54, 1.807) is 18.3 Å². The third-order valence-electron chi connectivity index (χ3n) is 2.05. The Balaban J connectivity index is 2.26. The average Bonchev–Trinajstić information content (AvgIpc) is 2.78. The Hall–Kier alpha value is -1.75. The molecule has 2 N–H and O–H groups in total. The van der Waals surface area contributed by atoms with Crippen molar-refractivity contribution in [3.63, 3.8) is 0 Å². The predicted octanol–water partition coefficient (Wildman–Crippen LogP) is 1.92. The molecule has 0 spiro atoms. The van der Waals surface area contributed by atoms with Crippen LogP contribution in [-0.4, -0.2) is 22.9 Å². The Morgan fingerprint density at radius 1 is 1.53 bits per heavy atom. The first-order valence-electron chi connectivity index (χ1n) is 5.17. The van der Waals surface area contributed by atoms with Crippen LogP contribution in [0.4, 0.5) is 0 Å². The SMILES string of the molecule is CC(C)OC1=NNC(=O)/C1=C/c1cc(Cl)c[nH]1. The zero-order valence-electron chi connectivity index (χ0n) is 9.45. The van der Waals surface area contributed by atoms with Crippen molar-refractivity contribution < 1.29 is 9.53 Å². The van der Waals surface area contributed by atoms with Gasteiger partial charge in [-0.25, -0.2) is 5.43 Å². The van der Waals surface area contributed by atoms with E-state index in [4.69, 9.17) is 16.3 Å². The molecule has 0 aromatic carbocycles. The minimum Gasteiger partial charge on any atom is -0.473 e. The van der Waals surface area contributed by atoms with E-state index >= 15 is 0 Å². The third kappa shape index (κ3) is 2.68. The van der Waals surface area contributed by atoms with Gasteiger partial charge in [0.05, 0.1) is 11.1 Å². The van der Waals surface area contributed by atoms with Gasteiger partial charge in [0.2, 0.25) is 5.90 Å². The number of hydrazone groups is 1. The maximum atomic E-state index is 11.6. The Morgan fingerprint density at radius 2 is 2.29 bits per heavy atom. The van der Waals surface area contributed by atoms with E-state index in [0.29, 0.717) is 16.5 Å². The number of aromatic amines is 1. The van der Waals surface area contributed by atoms with Crippen molar-refractivity contribution in [1.82, 2.24) is 10.4 Å². The molecule has 0 aliphatic carbocycles. The van der Waals surface area contributed by atoms with Gasteiger partial charge < -0.3 is 9.72 Å².